The Labute approximate surface area is 151 Å². The average Bonchev–Trinajstić information content (AvgIpc) is 2.90. The van der Waals surface area contributed by atoms with E-state index in [-0.39, 0.29) is 12.3 Å². The molecule has 2 N–H and O–H groups in total. The molecule has 1 rings (SSSR count). The SMILES string of the molecule is CC/C=C\CC/C=C/[C@H]1CCC(=O)[C@@H]1C/C=C\CCC(C)(O)C(=O)O. The number of unbranched alkanes of at least 4 members (excludes halogenated alkanes) is 1. The second-order valence-corrected chi connectivity index (χ2v) is 6.99. The molecule has 140 valence electrons. The fraction of sp³-hybridized carbons (Fsp3) is 0.619. The summed E-state index contributed by atoms with van der Waals surface area (Å²) in [7, 11) is 0. The van der Waals surface area contributed by atoms with Gasteiger partial charge in [-0.15, -0.1) is 0 Å². The quantitative estimate of drug-likeness (QED) is 0.427. The number of carboxylic acids is 1. The number of Topliss-reactive ketones (excluding diaryl/α,β-unsaturated/α-hetero) is 1. The Morgan fingerprint density at radius 2 is 1.84 bits per heavy atom. The first-order valence-electron chi connectivity index (χ1n) is 9.33. The zero-order valence-electron chi connectivity index (χ0n) is 15.5. The molecule has 0 radical (unpaired) electrons. The van der Waals surface area contributed by atoms with Crippen LogP contribution in [0.4, 0.5) is 0 Å². The first-order chi connectivity index (χ1) is 11.9. The van der Waals surface area contributed by atoms with Gasteiger partial charge >= 0.3 is 5.97 Å². The van der Waals surface area contributed by atoms with Crippen molar-refractivity contribution in [2.75, 3.05) is 0 Å². The van der Waals surface area contributed by atoms with E-state index < -0.39 is 11.6 Å². The van der Waals surface area contributed by atoms with Crippen molar-refractivity contribution in [1.29, 1.82) is 0 Å². The van der Waals surface area contributed by atoms with Gasteiger partial charge in [0.15, 0.2) is 5.60 Å². The lowest BCUT2D eigenvalue weighted by atomic mass is 9.91. The van der Waals surface area contributed by atoms with Crippen LogP contribution in [0.1, 0.15) is 65.2 Å². The minimum absolute atomic E-state index is 0.0404. The lowest BCUT2D eigenvalue weighted by Gasteiger charge is -2.16. The second-order valence-electron chi connectivity index (χ2n) is 6.99. The Hall–Kier alpha value is -1.68. The fourth-order valence-corrected chi connectivity index (χ4v) is 3.05. The van der Waals surface area contributed by atoms with Crippen molar-refractivity contribution >= 4 is 11.8 Å². The van der Waals surface area contributed by atoms with Gasteiger partial charge in [-0.2, -0.15) is 0 Å². The highest BCUT2D eigenvalue weighted by Crippen LogP contribution is 2.33. The molecule has 1 saturated carbocycles. The van der Waals surface area contributed by atoms with Gasteiger partial charge in [0.2, 0.25) is 0 Å². The first-order valence-corrected chi connectivity index (χ1v) is 9.33. The van der Waals surface area contributed by atoms with Crippen LogP contribution in [-0.2, 0) is 9.59 Å². The molecule has 1 fully saturated rings. The van der Waals surface area contributed by atoms with Gasteiger partial charge in [0.1, 0.15) is 5.78 Å². The Bertz CT molecular complexity index is 514. The van der Waals surface area contributed by atoms with Crippen LogP contribution >= 0.6 is 0 Å². The molecule has 0 aromatic carbocycles. The molecule has 3 atom stereocenters. The van der Waals surface area contributed by atoms with Gasteiger partial charge in [0.25, 0.3) is 0 Å². The number of hydrogen-bond donors (Lipinski definition) is 2. The van der Waals surface area contributed by atoms with Gasteiger partial charge < -0.3 is 10.2 Å². The number of aliphatic hydroxyl groups is 1. The topological polar surface area (TPSA) is 74.6 Å². The summed E-state index contributed by atoms with van der Waals surface area (Å²) in [5.74, 6) is -0.526. The van der Waals surface area contributed by atoms with Crippen molar-refractivity contribution in [3.8, 4) is 0 Å². The normalized spacial score (nSPS) is 23.9. The third kappa shape index (κ3) is 7.82. The highest BCUT2D eigenvalue weighted by Gasteiger charge is 2.32. The predicted octanol–water partition coefficient (Wildman–Crippen LogP) is 4.45. The Morgan fingerprint density at radius 3 is 2.52 bits per heavy atom. The summed E-state index contributed by atoms with van der Waals surface area (Å²) in [5.41, 5.74) is -1.69. The summed E-state index contributed by atoms with van der Waals surface area (Å²) in [4.78, 5) is 22.9. The standard InChI is InChI=1S/C21H32O4/c1-3-4-5-6-7-9-12-17-14-15-19(22)18(17)13-10-8-11-16-21(2,25)20(23)24/h4-5,8-10,12,17-18,25H,3,6-7,11,13-16H2,1-2H3,(H,23,24)/b5-4-,10-8-,12-9+/t17-,18+,21?/m0/s1. The molecule has 0 amide bonds. The van der Waals surface area contributed by atoms with Crippen LogP contribution in [0, 0.1) is 11.8 Å². The monoisotopic (exact) mass is 348 g/mol. The molecule has 0 bridgehead atoms. The van der Waals surface area contributed by atoms with Crippen molar-refractivity contribution in [3.63, 3.8) is 0 Å². The molecule has 0 saturated heterocycles. The van der Waals surface area contributed by atoms with E-state index in [1.165, 1.54) is 6.92 Å². The Balaban J connectivity index is 2.40. The lowest BCUT2D eigenvalue weighted by molar-refractivity contribution is -0.157. The molecular weight excluding hydrogens is 316 g/mol. The average molecular weight is 348 g/mol. The van der Waals surface area contributed by atoms with Crippen LogP contribution in [0.15, 0.2) is 36.5 Å². The van der Waals surface area contributed by atoms with Crippen molar-refractivity contribution in [1.82, 2.24) is 0 Å². The first kappa shape index (κ1) is 21.4. The Kier molecular flexibility index (Phi) is 9.43. The summed E-state index contributed by atoms with van der Waals surface area (Å²) in [6, 6.07) is 0. The number of carboxylic acid groups (broad SMARTS) is 1. The van der Waals surface area contributed by atoms with Crippen LogP contribution in [0.25, 0.3) is 0 Å². The molecular formula is C21H32O4. The van der Waals surface area contributed by atoms with Crippen molar-refractivity contribution in [2.24, 2.45) is 11.8 Å². The minimum Gasteiger partial charge on any atom is -0.479 e. The number of carbonyl (C=O) groups excluding carboxylic acids is 1. The molecule has 4 heteroatoms. The molecule has 0 aromatic heterocycles. The van der Waals surface area contributed by atoms with Crippen molar-refractivity contribution in [2.45, 2.75) is 70.8 Å². The molecule has 0 spiro atoms. The number of hydrogen-bond acceptors (Lipinski definition) is 3. The van der Waals surface area contributed by atoms with Gasteiger partial charge in [-0.25, -0.2) is 4.79 Å². The summed E-state index contributed by atoms with van der Waals surface area (Å²) < 4.78 is 0. The maximum Gasteiger partial charge on any atom is 0.335 e. The largest absolute Gasteiger partial charge is 0.479 e. The highest BCUT2D eigenvalue weighted by atomic mass is 16.4. The van der Waals surface area contributed by atoms with E-state index in [1.807, 2.05) is 12.2 Å². The van der Waals surface area contributed by atoms with E-state index in [4.69, 9.17) is 5.11 Å². The lowest BCUT2D eigenvalue weighted by Crippen LogP contribution is -2.34. The third-order valence-electron chi connectivity index (χ3n) is 4.76. The number of rotatable bonds is 11. The highest BCUT2D eigenvalue weighted by molar-refractivity contribution is 5.83. The number of allylic oxidation sites excluding steroid dienone is 6. The van der Waals surface area contributed by atoms with Gasteiger partial charge in [0.05, 0.1) is 0 Å². The van der Waals surface area contributed by atoms with E-state index in [1.54, 1.807) is 0 Å². The zero-order valence-corrected chi connectivity index (χ0v) is 15.5. The maximum atomic E-state index is 12.1. The summed E-state index contributed by atoms with van der Waals surface area (Å²) in [6.45, 7) is 3.43. The van der Waals surface area contributed by atoms with Crippen molar-refractivity contribution < 1.29 is 19.8 Å². The molecule has 4 nitrogen and oxygen atoms in total. The van der Waals surface area contributed by atoms with Crippen LogP contribution in [0.2, 0.25) is 0 Å². The molecule has 0 aromatic rings. The van der Waals surface area contributed by atoms with Crippen LogP contribution in [0.3, 0.4) is 0 Å². The van der Waals surface area contributed by atoms with E-state index in [0.717, 1.165) is 25.7 Å². The van der Waals surface area contributed by atoms with Crippen LogP contribution in [0.5, 0.6) is 0 Å². The third-order valence-corrected chi connectivity index (χ3v) is 4.76. The maximum absolute atomic E-state index is 12.1. The molecule has 1 unspecified atom stereocenters. The molecule has 0 aliphatic heterocycles. The Morgan fingerprint density at radius 1 is 1.16 bits per heavy atom. The number of ketones is 1. The summed E-state index contributed by atoms with van der Waals surface area (Å²) in [6.07, 6.45) is 18.6. The van der Waals surface area contributed by atoms with E-state index in [0.29, 0.717) is 31.0 Å². The van der Waals surface area contributed by atoms with Crippen LogP contribution < -0.4 is 0 Å². The number of carbonyl (C=O) groups is 2. The second kappa shape index (κ2) is 11.0. The smallest absolute Gasteiger partial charge is 0.335 e. The van der Waals surface area contributed by atoms with E-state index in [9.17, 15) is 14.7 Å². The zero-order chi connectivity index (χ0) is 18.7. The van der Waals surface area contributed by atoms with Gasteiger partial charge in [-0.1, -0.05) is 43.4 Å². The van der Waals surface area contributed by atoms with Gasteiger partial charge in [-0.3, -0.25) is 4.79 Å². The van der Waals surface area contributed by atoms with Crippen LogP contribution in [-0.4, -0.2) is 27.6 Å². The molecule has 25 heavy (non-hydrogen) atoms. The number of aliphatic carboxylic acids is 1. The van der Waals surface area contributed by atoms with Gasteiger partial charge in [0, 0.05) is 12.3 Å². The summed E-state index contributed by atoms with van der Waals surface area (Å²) >= 11 is 0. The summed E-state index contributed by atoms with van der Waals surface area (Å²) in [5, 5.41) is 18.5. The molecule has 1 aliphatic rings. The van der Waals surface area contributed by atoms with Gasteiger partial charge in [-0.05, 0) is 57.8 Å². The van der Waals surface area contributed by atoms with E-state index in [2.05, 4.69) is 31.2 Å². The predicted molar refractivity (Wildman–Crippen MR) is 100 cm³/mol. The van der Waals surface area contributed by atoms with E-state index >= 15 is 0 Å². The molecule has 1 aliphatic carbocycles. The fourth-order valence-electron chi connectivity index (χ4n) is 3.05. The van der Waals surface area contributed by atoms with Crippen molar-refractivity contribution in [3.05, 3.63) is 36.5 Å². The molecule has 0 heterocycles. The minimum atomic E-state index is -1.69.